The van der Waals surface area contributed by atoms with E-state index in [0.29, 0.717) is 38.1 Å². The number of methoxy groups -OCH3 is 1. The number of anilines is 1. The van der Waals surface area contributed by atoms with Crippen molar-refractivity contribution in [2.45, 2.75) is 19.1 Å². The van der Waals surface area contributed by atoms with Crippen molar-refractivity contribution in [2.75, 3.05) is 12.4 Å². The highest BCUT2D eigenvalue weighted by atomic mass is 35.5. The molecule has 8 nitrogen and oxygen atoms in total. The molecule has 1 aromatic heterocycles. The Labute approximate surface area is 241 Å². The molecule has 1 heterocycles. The Balaban J connectivity index is 1.53. The van der Waals surface area contributed by atoms with E-state index in [9.17, 15) is 9.59 Å². The van der Waals surface area contributed by atoms with Gasteiger partial charge in [-0.3, -0.25) is 9.59 Å². The molecule has 1 N–H and O–H groups in total. The summed E-state index contributed by atoms with van der Waals surface area (Å²) in [6, 6.07) is 27.4. The molecule has 1 unspecified atom stereocenters. The number of nitrogens with zero attached hydrogens (tertiary/aromatic N) is 4. The summed E-state index contributed by atoms with van der Waals surface area (Å²) in [6.07, 6.45) is 0. The molecule has 0 aliphatic rings. The molecule has 0 aliphatic carbocycles. The summed E-state index contributed by atoms with van der Waals surface area (Å²) in [5, 5.41) is 12.4. The smallest absolute Gasteiger partial charge is 0.251 e. The molecule has 0 radical (unpaired) electrons. The van der Waals surface area contributed by atoms with Crippen molar-refractivity contribution in [3.63, 3.8) is 0 Å². The summed E-state index contributed by atoms with van der Waals surface area (Å²) in [5.74, 6) is -0.0551. The zero-order chi connectivity index (χ0) is 28.1. The van der Waals surface area contributed by atoms with Crippen LogP contribution in [0.3, 0.4) is 0 Å². The summed E-state index contributed by atoms with van der Waals surface area (Å²) >= 11 is 12.3. The van der Waals surface area contributed by atoms with E-state index >= 15 is 0 Å². The molecule has 0 saturated heterocycles. The van der Waals surface area contributed by atoms with Gasteiger partial charge in [-0.25, -0.2) is 4.68 Å². The van der Waals surface area contributed by atoms with Crippen LogP contribution in [0, 0.1) is 0 Å². The fourth-order valence-electron chi connectivity index (χ4n) is 4.37. The van der Waals surface area contributed by atoms with Gasteiger partial charge in [0.2, 0.25) is 5.91 Å². The molecule has 2 amide bonds. The molecule has 0 aliphatic heterocycles. The Morgan fingerprint density at radius 1 is 0.900 bits per heavy atom. The number of halogens is 2. The number of para-hydroxylation sites is 1. The summed E-state index contributed by atoms with van der Waals surface area (Å²) in [6.45, 7) is 0.0277. The quantitative estimate of drug-likeness (QED) is 0.228. The minimum atomic E-state index is -0.989. The minimum absolute atomic E-state index is 0.117. The average molecular weight is 574 g/mol. The molecule has 0 bridgehead atoms. The molecule has 40 heavy (non-hydrogen) atoms. The summed E-state index contributed by atoms with van der Waals surface area (Å²) in [5.41, 5.74) is 3.35. The van der Waals surface area contributed by atoms with Crippen LogP contribution in [0.15, 0.2) is 97.1 Å². The molecule has 4 aromatic carbocycles. The van der Waals surface area contributed by atoms with Crippen molar-refractivity contribution in [1.82, 2.24) is 19.9 Å². The first-order valence-corrected chi connectivity index (χ1v) is 13.2. The number of nitrogens with one attached hydrogen (secondary N) is 1. The van der Waals surface area contributed by atoms with Gasteiger partial charge in [0.25, 0.3) is 5.91 Å². The third-order valence-corrected chi connectivity index (χ3v) is 6.90. The van der Waals surface area contributed by atoms with Gasteiger partial charge in [-0.15, -0.1) is 5.10 Å². The first kappa shape index (κ1) is 27.2. The standard InChI is InChI=1S/C30H25Cl2N5O3/c1-40-25-16-14-24(15-17-25)33-30(39)29(21-8-12-23(32)13-9-21)36(18-20-6-10-22(31)11-7-20)28(38)19-37-27-5-3-2-4-26(27)34-35-37/h2-17,29H,18-19H2,1H3,(H,33,39). The van der Waals surface area contributed by atoms with E-state index in [0.717, 1.165) is 5.56 Å². The fourth-order valence-corrected chi connectivity index (χ4v) is 4.62. The van der Waals surface area contributed by atoms with E-state index in [1.54, 1.807) is 67.8 Å². The minimum Gasteiger partial charge on any atom is -0.497 e. The summed E-state index contributed by atoms with van der Waals surface area (Å²) in [7, 11) is 1.57. The molecule has 0 fully saturated rings. The number of aromatic nitrogens is 3. The highest BCUT2D eigenvalue weighted by molar-refractivity contribution is 6.30. The van der Waals surface area contributed by atoms with Crippen LogP contribution in [-0.4, -0.2) is 38.8 Å². The Morgan fingerprint density at radius 3 is 2.23 bits per heavy atom. The van der Waals surface area contributed by atoms with Gasteiger partial charge in [0, 0.05) is 22.3 Å². The Kier molecular flexibility index (Phi) is 8.28. The van der Waals surface area contributed by atoms with Gasteiger partial charge in [-0.1, -0.05) is 64.8 Å². The molecule has 1 atom stereocenters. The van der Waals surface area contributed by atoms with Crippen molar-refractivity contribution < 1.29 is 14.3 Å². The van der Waals surface area contributed by atoms with E-state index in [-0.39, 0.29) is 19.0 Å². The predicted octanol–water partition coefficient (Wildman–Crippen LogP) is 6.16. The average Bonchev–Trinajstić information content (AvgIpc) is 3.37. The fraction of sp³-hybridized carbons (Fsp3) is 0.133. The number of amides is 2. The van der Waals surface area contributed by atoms with Gasteiger partial charge in [-0.05, 0) is 71.8 Å². The lowest BCUT2D eigenvalue weighted by Crippen LogP contribution is -2.42. The third kappa shape index (κ3) is 6.25. The van der Waals surface area contributed by atoms with Crippen LogP contribution in [0.5, 0.6) is 5.75 Å². The van der Waals surface area contributed by atoms with Gasteiger partial charge in [0.15, 0.2) is 0 Å². The lowest BCUT2D eigenvalue weighted by atomic mass is 10.0. The number of carbonyl (C=O) groups excluding carboxylic acids is 2. The first-order valence-electron chi connectivity index (χ1n) is 12.4. The molecule has 5 rings (SSSR count). The Hall–Kier alpha value is -4.40. The number of benzene rings is 4. The van der Waals surface area contributed by atoms with Gasteiger partial charge in [-0.2, -0.15) is 0 Å². The van der Waals surface area contributed by atoms with E-state index in [4.69, 9.17) is 27.9 Å². The van der Waals surface area contributed by atoms with Crippen LogP contribution in [0.25, 0.3) is 11.0 Å². The van der Waals surface area contributed by atoms with Crippen LogP contribution in [0.2, 0.25) is 10.0 Å². The number of rotatable bonds is 9. The van der Waals surface area contributed by atoms with Gasteiger partial charge in [0.05, 0.1) is 12.6 Å². The second-order valence-corrected chi connectivity index (χ2v) is 9.93. The number of hydrogen-bond donors (Lipinski definition) is 1. The number of ether oxygens (including phenoxy) is 1. The van der Waals surface area contributed by atoms with Crippen LogP contribution in [0.1, 0.15) is 17.2 Å². The topological polar surface area (TPSA) is 89.4 Å². The highest BCUT2D eigenvalue weighted by Gasteiger charge is 2.32. The van der Waals surface area contributed by atoms with Crippen LogP contribution in [0.4, 0.5) is 5.69 Å². The van der Waals surface area contributed by atoms with Crippen molar-refractivity contribution in [3.8, 4) is 5.75 Å². The molecule has 10 heteroatoms. The number of carbonyl (C=O) groups is 2. The predicted molar refractivity (Wildman–Crippen MR) is 155 cm³/mol. The zero-order valence-corrected chi connectivity index (χ0v) is 23.0. The second-order valence-electron chi connectivity index (χ2n) is 9.06. The van der Waals surface area contributed by atoms with Crippen LogP contribution in [-0.2, 0) is 22.7 Å². The van der Waals surface area contributed by atoms with Gasteiger partial charge < -0.3 is 15.0 Å². The lowest BCUT2D eigenvalue weighted by Gasteiger charge is -2.31. The molecular formula is C30H25Cl2N5O3. The van der Waals surface area contributed by atoms with Crippen molar-refractivity contribution in [3.05, 3.63) is 118 Å². The van der Waals surface area contributed by atoms with Crippen molar-refractivity contribution in [2.24, 2.45) is 0 Å². The lowest BCUT2D eigenvalue weighted by molar-refractivity contribution is -0.140. The Morgan fingerprint density at radius 2 is 1.55 bits per heavy atom. The normalized spacial score (nSPS) is 11.7. The highest BCUT2D eigenvalue weighted by Crippen LogP contribution is 2.28. The number of fused-ring (bicyclic) bond motifs is 1. The third-order valence-electron chi connectivity index (χ3n) is 6.40. The van der Waals surface area contributed by atoms with Crippen LogP contribution >= 0.6 is 23.2 Å². The molecule has 5 aromatic rings. The molecular weight excluding hydrogens is 549 g/mol. The SMILES string of the molecule is COc1ccc(NC(=O)C(c2ccc(Cl)cc2)N(Cc2ccc(Cl)cc2)C(=O)Cn2nnc3ccccc32)cc1. The molecule has 202 valence electrons. The van der Waals surface area contributed by atoms with Gasteiger partial charge >= 0.3 is 0 Å². The van der Waals surface area contributed by atoms with Crippen molar-refractivity contribution >= 4 is 51.7 Å². The summed E-state index contributed by atoms with van der Waals surface area (Å²) in [4.78, 5) is 29.5. The van der Waals surface area contributed by atoms with Crippen molar-refractivity contribution in [1.29, 1.82) is 0 Å². The molecule has 0 spiro atoms. The van der Waals surface area contributed by atoms with E-state index < -0.39 is 11.9 Å². The zero-order valence-electron chi connectivity index (χ0n) is 21.5. The first-order chi connectivity index (χ1) is 19.4. The monoisotopic (exact) mass is 573 g/mol. The summed E-state index contributed by atoms with van der Waals surface area (Å²) < 4.78 is 6.76. The number of hydrogen-bond acceptors (Lipinski definition) is 5. The maximum Gasteiger partial charge on any atom is 0.251 e. The Bertz CT molecular complexity index is 1620. The molecule has 0 saturated carbocycles. The second kappa shape index (κ2) is 12.2. The van der Waals surface area contributed by atoms with E-state index in [2.05, 4.69) is 15.6 Å². The van der Waals surface area contributed by atoms with E-state index in [1.807, 2.05) is 36.4 Å². The maximum absolute atomic E-state index is 14.0. The van der Waals surface area contributed by atoms with Crippen LogP contribution < -0.4 is 10.1 Å². The maximum atomic E-state index is 14.0. The van der Waals surface area contributed by atoms with Gasteiger partial charge in [0.1, 0.15) is 23.9 Å². The van der Waals surface area contributed by atoms with E-state index in [1.165, 1.54) is 9.58 Å². The largest absolute Gasteiger partial charge is 0.497 e.